The maximum atomic E-state index is 6.67. The molecule has 3 aromatic rings. The molecule has 1 heterocycles. The fraction of sp³-hybridized carbons (Fsp3) is 0.226. The summed E-state index contributed by atoms with van der Waals surface area (Å²) in [5, 5.41) is 1.21. The van der Waals surface area contributed by atoms with Crippen molar-refractivity contribution in [3.8, 4) is 33.6 Å². The molecule has 5 rings (SSSR count). The smallest absolute Gasteiger partial charge is 0.142 e. The Morgan fingerprint density at radius 2 is 1.22 bits per heavy atom. The first kappa shape index (κ1) is 20.6. The molecule has 1 heteroatoms. The fourth-order valence-corrected chi connectivity index (χ4v) is 5.05. The molecular formula is C31H30O. The van der Waals surface area contributed by atoms with Crippen LogP contribution in [0.15, 0.2) is 83.3 Å². The molecular weight excluding hydrogens is 388 g/mol. The number of aryl methyl sites for hydroxylation is 1. The number of hydrogen-bond donors (Lipinski definition) is 0. The van der Waals surface area contributed by atoms with Crippen molar-refractivity contribution in [2.45, 2.75) is 46.5 Å². The van der Waals surface area contributed by atoms with Gasteiger partial charge >= 0.3 is 0 Å². The van der Waals surface area contributed by atoms with E-state index in [1.807, 2.05) is 0 Å². The molecule has 0 radical (unpaired) electrons. The number of fused-ring (bicyclic) bond motifs is 3. The molecule has 1 nitrogen and oxygen atoms in total. The van der Waals surface area contributed by atoms with Gasteiger partial charge in [0.25, 0.3) is 0 Å². The van der Waals surface area contributed by atoms with E-state index in [-0.39, 0.29) is 0 Å². The van der Waals surface area contributed by atoms with E-state index in [1.54, 1.807) is 0 Å². The molecule has 0 atom stereocenters. The third-order valence-corrected chi connectivity index (χ3v) is 6.44. The number of rotatable bonds is 6. The zero-order valence-electron chi connectivity index (χ0n) is 19.2. The monoisotopic (exact) mass is 418 g/mol. The van der Waals surface area contributed by atoms with Gasteiger partial charge in [0.2, 0.25) is 0 Å². The Bertz CT molecular complexity index is 1320. The largest absolute Gasteiger partial charge is 0.455 e. The van der Waals surface area contributed by atoms with Crippen LogP contribution in [-0.2, 0) is 12.8 Å². The molecule has 3 aromatic carbocycles. The summed E-state index contributed by atoms with van der Waals surface area (Å²) in [5.74, 6) is 1.00. The van der Waals surface area contributed by atoms with E-state index in [1.165, 1.54) is 44.3 Å². The maximum Gasteiger partial charge on any atom is 0.142 e. The second-order valence-corrected chi connectivity index (χ2v) is 8.74. The van der Waals surface area contributed by atoms with Crippen molar-refractivity contribution in [1.82, 2.24) is 0 Å². The van der Waals surface area contributed by atoms with Crippen LogP contribution in [0.1, 0.15) is 43.4 Å². The van der Waals surface area contributed by atoms with Crippen molar-refractivity contribution >= 4 is 11.0 Å². The van der Waals surface area contributed by atoms with Gasteiger partial charge in [-0.15, -0.1) is 0 Å². The summed E-state index contributed by atoms with van der Waals surface area (Å²) in [6.07, 6.45) is 4.38. The zero-order chi connectivity index (χ0) is 22.1. The van der Waals surface area contributed by atoms with E-state index < -0.39 is 0 Å². The average molecular weight is 419 g/mol. The molecule has 0 aromatic heterocycles. The van der Waals surface area contributed by atoms with E-state index in [2.05, 4.69) is 99.6 Å². The molecule has 0 unspecified atom stereocenters. The summed E-state index contributed by atoms with van der Waals surface area (Å²) >= 11 is 0. The highest BCUT2D eigenvalue weighted by Gasteiger charge is 2.29. The predicted molar refractivity (Wildman–Crippen MR) is 136 cm³/mol. The van der Waals surface area contributed by atoms with Crippen LogP contribution in [0, 0.1) is 6.92 Å². The van der Waals surface area contributed by atoms with Crippen molar-refractivity contribution < 1.29 is 4.42 Å². The van der Waals surface area contributed by atoms with Crippen LogP contribution in [0.4, 0.5) is 0 Å². The van der Waals surface area contributed by atoms with Gasteiger partial charge in [0.05, 0.1) is 0 Å². The first-order chi connectivity index (χ1) is 15.7. The van der Waals surface area contributed by atoms with Gasteiger partial charge in [0.1, 0.15) is 11.3 Å². The molecule has 0 spiro atoms. The minimum atomic E-state index is 0.948. The zero-order valence-corrected chi connectivity index (χ0v) is 19.2. The lowest BCUT2D eigenvalue weighted by molar-refractivity contribution is 0.621. The number of benzene rings is 3. The predicted octanol–water partition coefficient (Wildman–Crippen LogP) is 9.09. The van der Waals surface area contributed by atoms with Gasteiger partial charge in [-0.2, -0.15) is 0 Å². The Balaban J connectivity index is 1.97. The molecule has 0 amide bonds. The summed E-state index contributed by atoms with van der Waals surface area (Å²) in [5.41, 5.74) is 11.7. The van der Waals surface area contributed by atoms with Gasteiger partial charge in [-0.1, -0.05) is 105 Å². The third-order valence-electron chi connectivity index (χ3n) is 6.44. The van der Waals surface area contributed by atoms with Crippen molar-refractivity contribution in [2.75, 3.05) is 0 Å². The first-order valence-corrected chi connectivity index (χ1v) is 11.8. The van der Waals surface area contributed by atoms with Crippen LogP contribution in [0.3, 0.4) is 0 Å². The highest BCUT2D eigenvalue weighted by molar-refractivity contribution is 6.09. The van der Waals surface area contributed by atoms with E-state index in [0.717, 1.165) is 42.6 Å². The van der Waals surface area contributed by atoms with Crippen molar-refractivity contribution in [3.05, 3.63) is 95.6 Å². The molecule has 32 heavy (non-hydrogen) atoms. The second-order valence-electron chi connectivity index (χ2n) is 8.74. The van der Waals surface area contributed by atoms with Crippen molar-refractivity contribution in [3.63, 3.8) is 0 Å². The molecule has 0 bridgehead atoms. The highest BCUT2D eigenvalue weighted by Crippen LogP contribution is 2.52. The molecule has 2 aliphatic rings. The molecule has 1 aliphatic carbocycles. The fourth-order valence-electron chi connectivity index (χ4n) is 5.05. The quantitative estimate of drug-likeness (QED) is 0.268. The Kier molecular flexibility index (Phi) is 5.57. The number of para-hydroxylation sites is 1. The van der Waals surface area contributed by atoms with Crippen LogP contribution in [0.25, 0.3) is 44.5 Å². The summed E-state index contributed by atoms with van der Waals surface area (Å²) in [6, 6.07) is 28.2. The second kappa shape index (κ2) is 8.67. The molecule has 1 aliphatic heterocycles. The SMILES string of the molecule is CCCc1c(CCC)c(-c2ccccc2)c2c3ccccc3oc(-c3ccc(C)cc3)c1-2. The van der Waals surface area contributed by atoms with E-state index in [0.29, 0.717) is 0 Å². The van der Waals surface area contributed by atoms with Crippen LogP contribution < -0.4 is 0 Å². The normalized spacial score (nSPS) is 11.5. The molecule has 0 saturated carbocycles. The van der Waals surface area contributed by atoms with Crippen LogP contribution in [0.5, 0.6) is 0 Å². The average Bonchev–Trinajstić information content (AvgIpc) is 3.14. The summed E-state index contributed by atoms with van der Waals surface area (Å²) in [7, 11) is 0. The van der Waals surface area contributed by atoms with Crippen molar-refractivity contribution in [2.24, 2.45) is 0 Å². The summed E-state index contributed by atoms with van der Waals surface area (Å²) in [6.45, 7) is 6.70. The highest BCUT2D eigenvalue weighted by atomic mass is 16.3. The minimum absolute atomic E-state index is 0.948. The summed E-state index contributed by atoms with van der Waals surface area (Å²) in [4.78, 5) is 0. The van der Waals surface area contributed by atoms with Gasteiger partial charge in [0, 0.05) is 22.1 Å². The van der Waals surface area contributed by atoms with E-state index >= 15 is 0 Å². The van der Waals surface area contributed by atoms with Crippen LogP contribution in [0.2, 0.25) is 0 Å². The Hall–Kier alpha value is -3.32. The number of hydrogen-bond acceptors (Lipinski definition) is 1. The van der Waals surface area contributed by atoms with Gasteiger partial charge in [-0.25, -0.2) is 0 Å². The lowest BCUT2D eigenvalue weighted by Crippen LogP contribution is -1.93. The van der Waals surface area contributed by atoms with Gasteiger partial charge in [0.15, 0.2) is 0 Å². The first-order valence-electron chi connectivity index (χ1n) is 11.8. The van der Waals surface area contributed by atoms with Gasteiger partial charge < -0.3 is 4.42 Å². The van der Waals surface area contributed by atoms with Crippen molar-refractivity contribution in [1.29, 1.82) is 0 Å². The van der Waals surface area contributed by atoms with Crippen LogP contribution in [-0.4, -0.2) is 0 Å². The van der Waals surface area contributed by atoms with Gasteiger partial charge in [-0.3, -0.25) is 0 Å². The Morgan fingerprint density at radius 1 is 0.594 bits per heavy atom. The minimum Gasteiger partial charge on any atom is -0.455 e. The van der Waals surface area contributed by atoms with Crippen LogP contribution >= 0.6 is 0 Å². The molecule has 160 valence electrons. The topological polar surface area (TPSA) is 13.1 Å². The van der Waals surface area contributed by atoms with E-state index in [4.69, 9.17) is 4.42 Å². The molecule has 0 N–H and O–H groups in total. The van der Waals surface area contributed by atoms with E-state index in [9.17, 15) is 0 Å². The molecule has 0 saturated heterocycles. The summed E-state index contributed by atoms with van der Waals surface area (Å²) < 4.78 is 6.67. The lowest BCUT2D eigenvalue weighted by atomic mass is 9.93. The maximum absolute atomic E-state index is 6.67. The Morgan fingerprint density at radius 3 is 1.91 bits per heavy atom. The van der Waals surface area contributed by atoms with Gasteiger partial charge in [-0.05, 0) is 48.1 Å². The third kappa shape index (κ3) is 3.42. The molecule has 0 fully saturated rings. The standard InChI is InChI=1S/C31H30O/c1-4-11-24-25(12-5-2)30-29(28(24)22-13-7-6-8-14-22)26-15-9-10-16-27(26)32-31(30)23-19-17-21(3)18-20-23/h6-10,13-20H,4-5,11-12H2,1-3H3. The lowest BCUT2D eigenvalue weighted by Gasteiger charge is -2.15. The Labute approximate surface area is 191 Å².